The fourth-order valence-corrected chi connectivity index (χ4v) is 5.67. The van der Waals surface area contributed by atoms with Gasteiger partial charge in [-0.15, -0.1) is 0 Å². The minimum Gasteiger partial charge on any atom is -0.497 e. The maximum Gasteiger partial charge on any atom is 0.240 e. The highest BCUT2D eigenvalue weighted by Gasteiger charge is 2.38. The van der Waals surface area contributed by atoms with Gasteiger partial charge in [0.1, 0.15) is 5.75 Å². The highest BCUT2D eigenvalue weighted by atomic mass is 32.2. The predicted molar refractivity (Wildman–Crippen MR) is 125 cm³/mol. The molecule has 0 spiro atoms. The number of methoxy groups -OCH3 is 1. The Morgan fingerprint density at radius 2 is 1.67 bits per heavy atom. The zero-order valence-electron chi connectivity index (χ0n) is 18.9. The van der Waals surface area contributed by atoms with Crippen LogP contribution in [0.25, 0.3) is 0 Å². The molecule has 4 rings (SSSR count). The van der Waals surface area contributed by atoms with Crippen molar-refractivity contribution in [2.24, 2.45) is 5.92 Å². The maximum atomic E-state index is 13.1. The lowest BCUT2D eigenvalue weighted by Crippen LogP contribution is -2.48. The largest absolute Gasteiger partial charge is 0.497 e. The number of sulfonamides is 1. The lowest BCUT2D eigenvalue weighted by Gasteiger charge is -2.33. The number of aryl methyl sites for hydroxylation is 1. The van der Waals surface area contributed by atoms with Gasteiger partial charge in [0.05, 0.1) is 17.9 Å². The van der Waals surface area contributed by atoms with E-state index in [2.05, 4.69) is 4.72 Å². The molecule has 0 bridgehead atoms. The third-order valence-corrected chi connectivity index (χ3v) is 7.85. The zero-order valence-corrected chi connectivity index (χ0v) is 19.7. The van der Waals surface area contributed by atoms with E-state index in [9.17, 15) is 18.0 Å². The second-order valence-corrected chi connectivity index (χ2v) is 10.4. The summed E-state index contributed by atoms with van der Waals surface area (Å²) in [6.45, 7) is 3.19. The molecule has 2 heterocycles. The Bertz CT molecular complexity index is 1110. The van der Waals surface area contributed by atoms with Gasteiger partial charge >= 0.3 is 0 Å². The molecule has 2 aliphatic rings. The third-order valence-electron chi connectivity index (χ3n) is 6.32. The highest BCUT2D eigenvalue weighted by molar-refractivity contribution is 7.89. The first-order chi connectivity index (χ1) is 15.8. The Hall–Kier alpha value is -2.91. The first-order valence-corrected chi connectivity index (χ1v) is 12.6. The maximum absolute atomic E-state index is 13.1. The first-order valence-electron chi connectivity index (χ1n) is 11.1. The van der Waals surface area contributed by atoms with E-state index in [1.54, 1.807) is 53.3 Å². The quantitative estimate of drug-likeness (QED) is 0.698. The van der Waals surface area contributed by atoms with Gasteiger partial charge in [0.2, 0.25) is 21.8 Å². The minimum absolute atomic E-state index is 0.0424. The first kappa shape index (κ1) is 23.3. The molecule has 176 valence electrons. The molecule has 2 aromatic carbocycles. The summed E-state index contributed by atoms with van der Waals surface area (Å²) >= 11 is 0. The summed E-state index contributed by atoms with van der Waals surface area (Å²) in [5, 5.41) is 0. The Morgan fingerprint density at radius 1 is 1.03 bits per heavy atom. The fraction of sp³-hybridized carbons (Fsp3) is 0.417. The molecule has 2 fully saturated rings. The number of nitrogens with one attached hydrogen (secondary N) is 1. The third kappa shape index (κ3) is 5.20. The van der Waals surface area contributed by atoms with Gasteiger partial charge in [0.25, 0.3) is 0 Å². The average Bonchev–Trinajstić information content (AvgIpc) is 3.21. The highest BCUT2D eigenvalue weighted by Crippen LogP contribution is 2.28. The fourth-order valence-electron chi connectivity index (χ4n) is 4.37. The number of carbonyl (C=O) groups excluding carboxylic acids is 2. The van der Waals surface area contributed by atoms with E-state index < -0.39 is 10.0 Å². The van der Waals surface area contributed by atoms with E-state index in [-0.39, 0.29) is 35.1 Å². The number of hydrogen-bond acceptors (Lipinski definition) is 5. The molecule has 9 heteroatoms. The van der Waals surface area contributed by atoms with Crippen LogP contribution in [0.5, 0.6) is 5.75 Å². The number of piperidine rings is 1. The standard InChI is InChI=1S/C24H29N3O5S/c1-17-3-9-22(10-4-17)33(30,31)25-19-11-13-26(14-12-19)24(29)18-15-23(28)27(16-18)20-5-7-21(32-2)8-6-20/h3-10,18-19,25H,11-16H2,1-2H3. The summed E-state index contributed by atoms with van der Waals surface area (Å²) < 4.78 is 33.2. The number of rotatable bonds is 6. The van der Waals surface area contributed by atoms with Crippen molar-refractivity contribution < 1.29 is 22.7 Å². The summed E-state index contributed by atoms with van der Waals surface area (Å²) in [5.74, 6) is 0.206. The smallest absolute Gasteiger partial charge is 0.240 e. The van der Waals surface area contributed by atoms with Crippen molar-refractivity contribution in [2.45, 2.75) is 37.1 Å². The van der Waals surface area contributed by atoms with Gasteiger partial charge in [-0.1, -0.05) is 17.7 Å². The molecule has 8 nitrogen and oxygen atoms in total. The molecule has 2 aliphatic heterocycles. The molecule has 0 radical (unpaired) electrons. The van der Waals surface area contributed by atoms with Crippen LogP contribution in [0.15, 0.2) is 53.4 Å². The molecule has 2 aromatic rings. The molecule has 0 aliphatic carbocycles. The van der Waals surface area contributed by atoms with Crippen molar-refractivity contribution in [3.8, 4) is 5.75 Å². The summed E-state index contributed by atoms with van der Waals surface area (Å²) in [6, 6.07) is 13.7. The van der Waals surface area contributed by atoms with Crippen molar-refractivity contribution in [1.29, 1.82) is 0 Å². The SMILES string of the molecule is COc1ccc(N2CC(C(=O)N3CCC(NS(=O)(=O)c4ccc(C)cc4)CC3)CC2=O)cc1. The molecule has 2 amide bonds. The molecule has 0 aromatic heterocycles. The van der Waals surface area contributed by atoms with Crippen molar-refractivity contribution in [2.75, 3.05) is 31.6 Å². The van der Waals surface area contributed by atoms with Gasteiger partial charge in [-0.25, -0.2) is 13.1 Å². The van der Waals surface area contributed by atoms with Gasteiger partial charge in [0, 0.05) is 37.8 Å². The zero-order chi connectivity index (χ0) is 23.6. The van der Waals surface area contributed by atoms with Gasteiger partial charge < -0.3 is 14.5 Å². The number of benzene rings is 2. The van der Waals surface area contributed by atoms with Crippen LogP contribution in [-0.4, -0.2) is 57.9 Å². The van der Waals surface area contributed by atoms with E-state index >= 15 is 0 Å². The Balaban J connectivity index is 1.32. The van der Waals surface area contributed by atoms with E-state index in [4.69, 9.17) is 4.74 Å². The number of nitrogens with zero attached hydrogens (tertiary/aromatic N) is 2. The summed E-state index contributed by atoms with van der Waals surface area (Å²) in [7, 11) is -2.01. The molecule has 0 saturated carbocycles. The second kappa shape index (κ2) is 9.52. The number of carbonyl (C=O) groups is 2. The van der Waals surface area contributed by atoms with Crippen LogP contribution in [0, 0.1) is 12.8 Å². The van der Waals surface area contributed by atoms with E-state index in [1.807, 2.05) is 19.1 Å². The summed E-state index contributed by atoms with van der Waals surface area (Å²) in [5.41, 5.74) is 1.75. The number of anilines is 1. The van der Waals surface area contributed by atoms with Gasteiger partial charge in [0.15, 0.2) is 0 Å². The number of amides is 2. The normalized spacial score (nSPS) is 19.7. The van der Waals surface area contributed by atoms with Crippen LogP contribution in [0.3, 0.4) is 0 Å². The van der Waals surface area contributed by atoms with Gasteiger partial charge in [-0.05, 0) is 56.2 Å². The lowest BCUT2D eigenvalue weighted by molar-refractivity contribution is -0.136. The van der Waals surface area contributed by atoms with Gasteiger partial charge in [-0.2, -0.15) is 0 Å². The molecule has 1 atom stereocenters. The Morgan fingerprint density at radius 3 is 2.27 bits per heavy atom. The van der Waals surface area contributed by atoms with E-state index in [0.29, 0.717) is 38.2 Å². The van der Waals surface area contributed by atoms with Crippen LogP contribution in [0.4, 0.5) is 5.69 Å². The van der Waals surface area contributed by atoms with Crippen LogP contribution in [0.1, 0.15) is 24.8 Å². The van der Waals surface area contributed by atoms with Crippen LogP contribution in [0.2, 0.25) is 0 Å². The van der Waals surface area contributed by atoms with Crippen molar-refractivity contribution in [3.63, 3.8) is 0 Å². The van der Waals surface area contributed by atoms with Crippen LogP contribution >= 0.6 is 0 Å². The molecule has 1 unspecified atom stereocenters. The number of likely N-dealkylation sites (tertiary alicyclic amines) is 1. The Labute approximate surface area is 194 Å². The average molecular weight is 472 g/mol. The van der Waals surface area contributed by atoms with Crippen molar-refractivity contribution in [1.82, 2.24) is 9.62 Å². The van der Waals surface area contributed by atoms with E-state index in [1.165, 1.54) is 0 Å². The Kier molecular flexibility index (Phi) is 6.71. The topological polar surface area (TPSA) is 96.0 Å². The summed E-state index contributed by atoms with van der Waals surface area (Å²) in [4.78, 5) is 29.2. The van der Waals surface area contributed by atoms with Crippen LogP contribution < -0.4 is 14.4 Å². The summed E-state index contributed by atoms with van der Waals surface area (Å²) in [6.07, 6.45) is 1.27. The molecular formula is C24H29N3O5S. The lowest BCUT2D eigenvalue weighted by atomic mass is 10.0. The molecule has 2 saturated heterocycles. The number of hydrogen-bond donors (Lipinski definition) is 1. The van der Waals surface area contributed by atoms with Crippen molar-refractivity contribution in [3.05, 3.63) is 54.1 Å². The molecule has 1 N–H and O–H groups in total. The monoisotopic (exact) mass is 471 g/mol. The minimum atomic E-state index is -3.59. The predicted octanol–water partition coefficient (Wildman–Crippen LogP) is 2.33. The van der Waals surface area contributed by atoms with E-state index in [0.717, 1.165) is 11.3 Å². The second-order valence-electron chi connectivity index (χ2n) is 8.64. The van der Waals surface area contributed by atoms with Crippen LogP contribution in [-0.2, 0) is 19.6 Å². The number of ether oxygens (including phenoxy) is 1. The van der Waals surface area contributed by atoms with Crippen molar-refractivity contribution >= 4 is 27.5 Å². The molecule has 33 heavy (non-hydrogen) atoms. The van der Waals surface area contributed by atoms with Gasteiger partial charge in [-0.3, -0.25) is 9.59 Å². The molecular weight excluding hydrogens is 442 g/mol.